The van der Waals surface area contributed by atoms with Crippen molar-refractivity contribution in [3.8, 4) is 0 Å². The van der Waals surface area contributed by atoms with E-state index in [1.807, 2.05) is 121 Å². The molecule has 4 atom stereocenters. The van der Waals surface area contributed by atoms with Gasteiger partial charge in [0, 0.05) is 170 Å². The molecule has 0 aromatic heterocycles. The van der Waals surface area contributed by atoms with Crippen LogP contribution in [0.5, 0.6) is 0 Å². The number of hydrogen-bond donors (Lipinski definition) is 2. The lowest BCUT2D eigenvalue weighted by atomic mass is 10.0. The zero-order valence-electron chi connectivity index (χ0n) is 34.3. The maximum absolute atomic E-state index is 11.2. The monoisotopic (exact) mass is 1220 g/mol. The molecular formula is C37H42N2O10S17. The van der Waals surface area contributed by atoms with E-state index < -0.39 is 60.5 Å². The predicted octanol–water partition coefficient (Wildman–Crippen LogP) is 5.34. The van der Waals surface area contributed by atoms with Gasteiger partial charge in [-0.05, 0) is 36.1 Å². The Bertz CT molecular complexity index is 2530. The Morgan fingerprint density at radius 3 is 1.23 bits per heavy atom. The minimum absolute atomic E-state index is 0.266. The third kappa shape index (κ3) is 27.0. The van der Waals surface area contributed by atoms with Gasteiger partial charge in [-0.3, -0.25) is 20.2 Å². The summed E-state index contributed by atoms with van der Waals surface area (Å²) in [4.78, 5) is 21.1. The van der Waals surface area contributed by atoms with Gasteiger partial charge in [-0.15, -0.1) is 0 Å². The van der Waals surface area contributed by atoms with Gasteiger partial charge in [0.1, 0.15) is 24.4 Å². The molecule has 0 saturated carbocycles. The Hall–Kier alpha value is -0.820. The number of aliphatic hydroxyl groups is 2. The van der Waals surface area contributed by atoms with Gasteiger partial charge >= 0.3 is 0 Å². The predicted molar refractivity (Wildman–Crippen MR) is 306 cm³/mol. The molecule has 0 spiro atoms. The van der Waals surface area contributed by atoms with Crippen LogP contribution in [0.4, 0.5) is 0 Å². The highest BCUT2D eigenvalue weighted by atomic mass is 33.4. The topological polar surface area (TPSA) is 164 Å². The summed E-state index contributed by atoms with van der Waals surface area (Å²) in [5, 5.41) is 41.0. The summed E-state index contributed by atoms with van der Waals surface area (Å²) in [5.74, 6) is -0.766. The smallest absolute Gasteiger partial charge is 0.232 e. The summed E-state index contributed by atoms with van der Waals surface area (Å²) in [6, 6.07) is 37.9. The molecule has 0 amide bonds. The molecule has 1 aliphatic rings. The Morgan fingerprint density at radius 1 is 0.606 bits per heavy atom. The summed E-state index contributed by atoms with van der Waals surface area (Å²) in [5.41, 5.74) is 3.50. The van der Waals surface area contributed by atoms with Crippen molar-refractivity contribution in [1.29, 1.82) is 0 Å². The molecule has 1 aliphatic heterocycles. The zero-order chi connectivity index (χ0) is 48.4. The lowest BCUT2D eigenvalue weighted by Gasteiger charge is -2.27. The second kappa shape index (κ2) is 37.9. The SMILES string of the molecule is CC1(C)OC[C@H]([C@@H](C[N+](=O)[O-])OC(c2ccccc2)c2ccccc2)O1.O=[N+]([O-])C[C@@H](OC(c1ccccc1)c1ccccc1)[C@H](O)CO.S=S=S=S=S=S=S=S.S=S=S=S=S=S=S=S=S. The molecular weight excluding hydrogens is 1180 g/mol. The number of benzene rings is 4. The average Bonchev–Trinajstić information content (AvgIpc) is 3.70. The van der Waals surface area contributed by atoms with Crippen molar-refractivity contribution >= 4 is 160 Å². The van der Waals surface area contributed by atoms with E-state index in [0.717, 1.165) is 22.3 Å². The number of rotatable bonds is 15. The van der Waals surface area contributed by atoms with Crippen molar-refractivity contribution in [2.45, 2.75) is 56.3 Å². The molecule has 0 bridgehead atoms. The van der Waals surface area contributed by atoms with E-state index in [0.29, 0.717) is 0 Å². The first-order chi connectivity index (χ1) is 31.9. The highest BCUT2D eigenvalue weighted by Crippen LogP contribution is 2.32. The summed E-state index contributed by atoms with van der Waals surface area (Å²) in [6.07, 6.45) is -4.64. The molecule has 1 heterocycles. The lowest BCUT2D eigenvalue weighted by molar-refractivity contribution is -0.495. The number of nitrogens with zero attached hydrogens (tertiary/aromatic N) is 2. The Morgan fingerprint density at radius 2 is 0.939 bits per heavy atom. The fourth-order valence-corrected chi connectivity index (χ4v) is 30.2. The van der Waals surface area contributed by atoms with Gasteiger partial charge < -0.3 is 29.2 Å². The summed E-state index contributed by atoms with van der Waals surface area (Å²) in [6.45, 7) is 2.32. The van der Waals surface area contributed by atoms with Crippen molar-refractivity contribution in [2.24, 2.45) is 0 Å². The summed E-state index contributed by atoms with van der Waals surface area (Å²) >= 11 is 18.5. The number of ether oxygens (including phenoxy) is 4. The van der Waals surface area contributed by atoms with Crippen LogP contribution in [0, 0.1) is 20.2 Å². The number of hydrogen-bond acceptors (Lipinski definition) is 14. The molecule has 2 N–H and O–H groups in total. The first-order valence-corrected chi connectivity index (χ1v) is 38.4. The standard InChI is InChI=1S/C20H23NO5.C17H19NO5.S9.S8/c1-20(2)24-14-18(26-20)17(13-21(22)23)25-19(15-9-5-3-6-10-15)16-11-7-4-8-12-16;19-12-15(20)16(11-18(21)22)23-17(13-7-3-1-4-8-13)14-9-5-2-6-10-14;1-3-5-7-9-8-6-4-2;1-3-5-7-8-6-4-2/h3-12,17-19H,13-14H2,1-2H3;1-10,15-17,19-20H,11-12H2;;/t17-,18-;15-,16-;;/m11../s1. The van der Waals surface area contributed by atoms with E-state index in [1.54, 1.807) is 93.8 Å². The first kappa shape index (κ1) is 61.3. The molecule has 4 aromatic rings. The van der Waals surface area contributed by atoms with Crippen LogP contribution < -0.4 is 0 Å². The minimum Gasteiger partial charge on any atom is -0.394 e. The van der Waals surface area contributed by atoms with Crippen LogP contribution >= 0.6 is 0 Å². The highest BCUT2D eigenvalue weighted by Gasteiger charge is 2.41. The van der Waals surface area contributed by atoms with Crippen molar-refractivity contribution in [3.05, 3.63) is 164 Å². The maximum Gasteiger partial charge on any atom is 0.232 e. The van der Waals surface area contributed by atoms with Crippen molar-refractivity contribution < 1.29 is 39.0 Å². The molecule has 29 heteroatoms. The van der Waals surface area contributed by atoms with Gasteiger partial charge in [0.2, 0.25) is 13.1 Å². The molecule has 12 nitrogen and oxygen atoms in total. The van der Waals surface area contributed by atoms with Gasteiger partial charge in [0.15, 0.2) is 18.0 Å². The largest absolute Gasteiger partial charge is 0.394 e. The van der Waals surface area contributed by atoms with Gasteiger partial charge in [0.05, 0.1) is 13.2 Å². The minimum atomic E-state index is -1.32. The van der Waals surface area contributed by atoms with Crippen LogP contribution in [0.1, 0.15) is 48.3 Å². The van der Waals surface area contributed by atoms with E-state index in [2.05, 4.69) is 44.8 Å². The van der Waals surface area contributed by atoms with E-state index in [-0.39, 0.29) is 18.1 Å². The first-order valence-electron chi connectivity index (χ1n) is 18.4. The summed E-state index contributed by atoms with van der Waals surface area (Å²) in [7, 11) is 20.0. The average molecular weight is 1220 g/mol. The normalized spacial score (nSPS) is 14.4. The zero-order valence-corrected chi connectivity index (χ0v) is 48.2. The van der Waals surface area contributed by atoms with Gasteiger partial charge in [-0.1, -0.05) is 121 Å². The second-order valence-corrected chi connectivity index (χ2v) is 35.8. The molecule has 1 fully saturated rings. The van der Waals surface area contributed by atoms with E-state index in [4.69, 9.17) is 24.1 Å². The molecule has 0 aliphatic carbocycles. The Kier molecular flexibility index (Phi) is 35.2. The third-order valence-corrected chi connectivity index (χ3v) is 32.5. The van der Waals surface area contributed by atoms with Gasteiger partial charge in [0.25, 0.3) is 0 Å². The molecule has 0 radical (unpaired) electrons. The molecule has 362 valence electrons. The molecule has 1 saturated heterocycles. The van der Waals surface area contributed by atoms with E-state index >= 15 is 0 Å². The second-order valence-electron chi connectivity index (χ2n) is 12.8. The lowest BCUT2D eigenvalue weighted by Crippen LogP contribution is -2.39. The van der Waals surface area contributed by atoms with Crippen LogP contribution in [0.3, 0.4) is 0 Å². The number of aliphatic hydroxyl groups excluding tert-OH is 2. The Labute approximate surface area is 440 Å². The van der Waals surface area contributed by atoms with Crippen LogP contribution in [0.2, 0.25) is 0 Å². The number of nitro groups is 2. The van der Waals surface area contributed by atoms with Crippen LogP contribution in [-0.4, -0.2) is 76.6 Å². The fraction of sp³-hybridized carbons (Fsp3) is 0.351. The van der Waals surface area contributed by atoms with Crippen molar-refractivity contribution in [2.75, 3.05) is 26.3 Å². The van der Waals surface area contributed by atoms with Crippen molar-refractivity contribution in [3.63, 3.8) is 0 Å². The molecule has 0 unspecified atom stereocenters. The fourth-order valence-electron chi connectivity index (χ4n) is 5.48. The quantitative estimate of drug-likeness (QED) is 0.116. The molecule has 4 aromatic carbocycles. The highest BCUT2D eigenvalue weighted by molar-refractivity contribution is 8.72. The van der Waals surface area contributed by atoms with E-state index in [9.17, 15) is 25.3 Å². The van der Waals surface area contributed by atoms with Crippen LogP contribution in [0.15, 0.2) is 121 Å². The Balaban J connectivity index is 0.000000339. The van der Waals surface area contributed by atoms with Crippen LogP contribution in [0.25, 0.3) is 0 Å². The van der Waals surface area contributed by atoms with Gasteiger partial charge in [-0.2, -0.15) is 0 Å². The summed E-state index contributed by atoms with van der Waals surface area (Å²) < 4.78 is 23.5. The third-order valence-electron chi connectivity index (χ3n) is 8.06. The maximum atomic E-state index is 11.2. The van der Waals surface area contributed by atoms with Gasteiger partial charge in [-0.25, -0.2) is 0 Å². The van der Waals surface area contributed by atoms with Crippen molar-refractivity contribution in [1.82, 2.24) is 0 Å². The molecule has 66 heavy (non-hydrogen) atoms. The van der Waals surface area contributed by atoms with E-state index in [1.165, 1.54) is 35.5 Å². The van der Waals surface area contributed by atoms with Crippen LogP contribution in [-0.2, 0) is 179 Å². The molecule has 5 rings (SSSR count).